The maximum atomic E-state index is 12.2. The van der Waals surface area contributed by atoms with E-state index in [9.17, 15) is 13.2 Å². The summed E-state index contributed by atoms with van der Waals surface area (Å²) >= 11 is 5.74. The summed E-state index contributed by atoms with van der Waals surface area (Å²) in [5.41, 5.74) is 5.73. The SMILES string of the molecule is Cc1cc(Cl)nc(NS(=O)(=O)c2cc(C(N)=O)n(C)c2)n1. The predicted octanol–water partition coefficient (Wildman–Crippen LogP) is 0.677. The second kappa shape index (κ2) is 5.34. The molecular weight excluding hydrogens is 318 g/mol. The molecule has 10 heteroatoms. The van der Waals surface area contributed by atoms with Crippen LogP contribution in [0.25, 0.3) is 0 Å². The van der Waals surface area contributed by atoms with Crippen molar-refractivity contribution in [1.82, 2.24) is 14.5 Å². The normalized spacial score (nSPS) is 11.4. The van der Waals surface area contributed by atoms with E-state index in [-0.39, 0.29) is 21.7 Å². The standard InChI is InChI=1S/C11H12ClN5O3S/c1-6-3-9(12)15-11(14-6)16-21(19,20)7-4-8(10(13)18)17(2)5-7/h3-5H,1-2H3,(H2,13,18)(H,14,15,16). The number of aromatic nitrogens is 3. The third kappa shape index (κ3) is 3.31. The van der Waals surface area contributed by atoms with Gasteiger partial charge in [0.15, 0.2) is 0 Å². The number of sulfonamides is 1. The van der Waals surface area contributed by atoms with Gasteiger partial charge in [-0.3, -0.25) is 4.79 Å². The number of primary amides is 1. The predicted molar refractivity (Wildman–Crippen MR) is 76.5 cm³/mol. The summed E-state index contributed by atoms with van der Waals surface area (Å²) < 4.78 is 27.9. The number of nitrogens with zero attached hydrogens (tertiary/aromatic N) is 3. The van der Waals surface area contributed by atoms with Gasteiger partial charge >= 0.3 is 0 Å². The highest BCUT2D eigenvalue weighted by Crippen LogP contribution is 2.17. The zero-order chi connectivity index (χ0) is 15.8. The maximum Gasteiger partial charge on any atom is 0.265 e. The van der Waals surface area contributed by atoms with Crippen LogP contribution in [0.2, 0.25) is 5.15 Å². The Labute approximate surface area is 126 Å². The number of nitrogens with one attached hydrogen (secondary N) is 1. The number of anilines is 1. The molecule has 0 unspecified atom stereocenters. The molecule has 0 aliphatic rings. The zero-order valence-electron chi connectivity index (χ0n) is 11.2. The molecule has 112 valence electrons. The Balaban J connectivity index is 2.38. The van der Waals surface area contributed by atoms with Gasteiger partial charge in [-0.15, -0.1) is 0 Å². The summed E-state index contributed by atoms with van der Waals surface area (Å²) in [6.45, 7) is 1.65. The molecule has 0 atom stereocenters. The number of hydrogen-bond donors (Lipinski definition) is 2. The van der Waals surface area contributed by atoms with Crippen molar-refractivity contribution in [3.63, 3.8) is 0 Å². The van der Waals surface area contributed by atoms with Crippen molar-refractivity contribution in [2.75, 3.05) is 4.72 Å². The lowest BCUT2D eigenvalue weighted by Gasteiger charge is -2.05. The molecule has 0 saturated carbocycles. The summed E-state index contributed by atoms with van der Waals surface area (Å²) in [7, 11) is -2.43. The van der Waals surface area contributed by atoms with Crippen molar-refractivity contribution in [1.29, 1.82) is 0 Å². The molecular formula is C11H12ClN5O3S. The number of amides is 1. The fourth-order valence-corrected chi connectivity index (χ4v) is 2.93. The van der Waals surface area contributed by atoms with Crippen LogP contribution < -0.4 is 10.5 Å². The van der Waals surface area contributed by atoms with E-state index in [0.29, 0.717) is 5.69 Å². The first-order valence-corrected chi connectivity index (χ1v) is 7.55. The van der Waals surface area contributed by atoms with E-state index in [0.717, 1.165) is 0 Å². The Kier molecular flexibility index (Phi) is 3.88. The van der Waals surface area contributed by atoms with Gasteiger partial charge in [-0.1, -0.05) is 11.6 Å². The molecule has 21 heavy (non-hydrogen) atoms. The van der Waals surface area contributed by atoms with Gasteiger partial charge < -0.3 is 10.3 Å². The minimum Gasteiger partial charge on any atom is -0.364 e. The number of hydrogen-bond acceptors (Lipinski definition) is 5. The highest BCUT2D eigenvalue weighted by molar-refractivity contribution is 7.92. The van der Waals surface area contributed by atoms with Gasteiger partial charge in [0.2, 0.25) is 5.95 Å². The minimum atomic E-state index is -3.94. The van der Waals surface area contributed by atoms with Crippen molar-refractivity contribution >= 4 is 33.5 Å². The molecule has 3 N–H and O–H groups in total. The monoisotopic (exact) mass is 329 g/mol. The van der Waals surface area contributed by atoms with Crippen LogP contribution in [0.4, 0.5) is 5.95 Å². The molecule has 1 amide bonds. The summed E-state index contributed by atoms with van der Waals surface area (Å²) in [6, 6.07) is 2.66. The lowest BCUT2D eigenvalue weighted by atomic mass is 10.4. The fourth-order valence-electron chi connectivity index (χ4n) is 1.68. The first kappa shape index (κ1) is 15.3. The number of carbonyl (C=O) groups excluding carboxylic acids is 1. The molecule has 2 heterocycles. The number of nitrogens with two attached hydrogens (primary N) is 1. The smallest absolute Gasteiger partial charge is 0.265 e. The molecule has 0 aromatic carbocycles. The molecule has 8 nitrogen and oxygen atoms in total. The van der Waals surface area contributed by atoms with Gasteiger partial charge in [0.1, 0.15) is 15.7 Å². The van der Waals surface area contributed by atoms with Crippen molar-refractivity contribution < 1.29 is 13.2 Å². The van der Waals surface area contributed by atoms with Crippen LogP contribution in [0, 0.1) is 6.92 Å². The average molecular weight is 330 g/mol. The van der Waals surface area contributed by atoms with Gasteiger partial charge in [-0.05, 0) is 19.1 Å². The van der Waals surface area contributed by atoms with Gasteiger partial charge in [0, 0.05) is 18.9 Å². The molecule has 0 fully saturated rings. The third-order valence-electron chi connectivity index (χ3n) is 2.59. The second-order valence-corrected chi connectivity index (χ2v) is 6.37. The Morgan fingerprint density at radius 3 is 2.57 bits per heavy atom. The van der Waals surface area contributed by atoms with Crippen LogP contribution in [0.5, 0.6) is 0 Å². The minimum absolute atomic E-state index is 0.0681. The van der Waals surface area contributed by atoms with E-state index in [1.54, 1.807) is 6.92 Å². The van der Waals surface area contributed by atoms with Crippen molar-refractivity contribution in [3.05, 3.63) is 34.9 Å². The molecule has 0 aliphatic heterocycles. The first-order chi connectivity index (χ1) is 9.69. The van der Waals surface area contributed by atoms with E-state index in [4.69, 9.17) is 17.3 Å². The van der Waals surface area contributed by atoms with Crippen LogP contribution >= 0.6 is 11.6 Å². The molecule has 0 spiro atoms. The summed E-state index contributed by atoms with van der Waals surface area (Å²) in [5.74, 6) is -0.877. The Bertz CT molecular complexity index is 795. The zero-order valence-corrected chi connectivity index (χ0v) is 12.7. The van der Waals surface area contributed by atoms with Crippen LogP contribution in [0.15, 0.2) is 23.2 Å². The number of rotatable bonds is 4. The van der Waals surface area contributed by atoms with Crippen LogP contribution in [0.1, 0.15) is 16.2 Å². The molecule has 0 saturated heterocycles. The molecule has 2 aromatic heterocycles. The molecule has 0 aliphatic carbocycles. The highest BCUT2D eigenvalue weighted by atomic mass is 35.5. The lowest BCUT2D eigenvalue weighted by molar-refractivity contribution is 0.0992. The second-order valence-electron chi connectivity index (χ2n) is 4.30. The van der Waals surface area contributed by atoms with E-state index in [1.165, 1.54) is 29.9 Å². The van der Waals surface area contributed by atoms with E-state index in [2.05, 4.69) is 14.7 Å². The van der Waals surface area contributed by atoms with Gasteiger partial charge in [0.25, 0.3) is 15.9 Å². The Morgan fingerprint density at radius 2 is 2.05 bits per heavy atom. The number of halogens is 1. The van der Waals surface area contributed by atoms with Crippen molar-refractivity contribution in [2.24, 2.45) is 12.8 Å². The summed E-state index contributed by atoms with van der Waals surface area (Å²) in [6.07, 6.45) is 1.26. The fraction of sp³-hybridized carbons (Fsp3) is 0.182. The maximum absolute atomic E-state index is 12.2. The first-order valence-electron chi connectivity index (χ1n) is 5.69. The van der Waals surface area contributed by atoms with E-state index >= 15 is 0 Å². The van der Waals surface area contributed by atoms with Crippen LogP contribution in [-0.2, 0) is 17.1 Å². The lowest BCUT2D eigenvalue weighted by Crippen LogP contribution is -2.15. The Hall–Kier alpha value is -2.13. The Morgan fingerprint density at radius 1 is 1.38 bits per heavy atom. The average Bonchev–Trinajstić information content (AvgIpc) is 2.70. The van der Waals surface area contributed by atoms with Crippen molar-refractivity contribution in [2.45, 2.75) is 11.8 Å². The molecule has 0 bridgehead atoms. The summed E-state index contributed by atoms with van der Waals surface area (Å²) in [5, 5.41) is 0.117. The third-order valence-corrected chi connectivity index (χ3v) is 4.08. The number of carbonyl (C=O) groups is 1. The van der Waals surface area contributed by atoms with Gasteiger partial charge in [-0.25, -0.2) is 23.1 Å². The van der Waals surface area contributed by atoms with Gasteiger partial charge in [0.05, 0.1) is 0 Å². The van der Waals surface area contributed by atoms with Crippen LogP contribution in [0.3, 0.4) is 0 Å². The topological polar surface area (TPSA) is 120 Å². The van der Waals surface area contributed by atoms with E-state index in [1.807, 2.05) is 0 Å². The quantitative estimate of drug-likeness (QED) is 0.799. The molecule has 2 rings (SSSR count). The highest BCUT2D eigenvalue weighted by Gasteiger charge is 2.20. The van der Waals surface area contributed by atoms with E-state index < -0.39 is 15.9 Å². The molecule has 0 radical (unpaired) electrons. The molecule has 2 aromatic rings. The number of aryl methyl sites for hydroxylation is 2. The largest absolute Gasteiger partial charge is 0.364 e. The van der Waals surface area contributed by atoms with Crippen molar-refractivity contribution in [3.8, 4) is 0 Å². The van der Waals surface area contributed by atoms with Gasteiger partial charge in [-0.2, -0.15) is 0 Å². The summed E-state index contributed by atoms with van der Waals surface area (Å²) in [4.78, 5) is 18.7. The van der Waals surface area contributed by atoms with Crippen LogP contribution in [-0.4, -0.2) is 28.9 Å².